The van der Waals surface area contributed by atoms with E-state index in [-0.39, 0.29) is 18.0 Å². The predicted molar refractivity (Wildman–Crippen MR) is 125 cm³/mol. The molecule has 2 atom stereocenters. The van der Waals surface area contributed by atoms with Gasteiger partial charge in [0.15, 0.2) is 5.82 Å². The van der Waals surface area contributed by atoms with E-state index in [0.717, 1.165) is 29.3 Å². The monoisotopic (exact) mass is 438 g/mol. The van der Waals surface area contributed by atoms with Crippen LogP contribution < -0.4 is 16.4 Å². The van der Waals surface area contributed by atoms with E-state index in [1.807, 2.05) is 45.0 Å². The summed E-state index contributed by atoms with van der Waals surface area (Å²) < 4.78 is 0. The maximum absolute atomic E-state index is 12.0. The average molecular weight is 439 g/mol. The lowest BCUT2D eigenvalue weighted by Gasteiger charge is -2.46. The van der Waals surface area contributed by atoms with Gasteiger partial charge < -0.3 is 21.5 Å². The summed E-state index contributed by atoms with van der Waals surface area (Å²) in [5.41, 5.74) is 13.8. The lowest BCUT2D eigenvalue weighted by Crippen LogP contribution is -2.58. The Morgan fingerprint density at radius 3 is 2.66 bits per heavy atom. The number of anilines is 3. The van der Waals surface area contributed by atoms with Crippen molar-refractivity contribution in [1.29, 1.82) is 0 Å². The van der Waals surface area contributed by atoms with Gasteiger partial charge in [0.25, 0.3) is 0 Å². The lowest BCUT2D eigenvalue weighted by molar-refractivity contribution is 0.0621. The maximum Gasteiger partial charge on any atom is 0.408 e. The number of H-pyrrole nitrogens is 1. The zero-order chi connectivity index (χ0) is 23.2. The van der Waals surface area contributed by atoms with E-state index in [0.29, 0.717) is 23.9 Å². The number of fused-ring (bicyclic) bond motifs is 1. The number of carboxylic acid groups (broad SMARTS) is 1. The summed E-state index contributed by atoms with van der Waals surface area (Å²) in [5, 5.41) is 17.7. The molecule has 170 valence electrons. The molecular formula is C22H30N8O2. The van der Waals surface area contributed by atoms with Crippen LogP contribution in [0.1, 0.15) is 40.5 Å². The van der Waals surface area contributed by atoms with Crippen molar-refractivity contribution >= 4 is 34.6 Å². The molecule has 10 nitrogen and oxygen atoms in total. The Kier molecular flexibility index (Phi) is 5.31. The smallest absolute Gasteiger partial charge is 0.408 e. The molecule has 2 aromatic heterocycles. The lowest BCUT2D eigenvalue weighted by atomic mass is 9.94. The summed E-state index contributed by atoms with van der Waals surface area (Å²) in [6.07, 6.45) is 0.738. The first-order valence-electron chi connectivity index (χ1n) is 10.7. The summed E-state index contributed by atoms with van der Waals surface area (Å²) in [6, 6.07) is 7.70. The molecule has 4 rings (SSSR count). The van der Waals surface area contributed by atoms with Gasteiger partial charge in [-0.25, -0.2) is 9.78 Å². The molecule has 0 radical (unpaired) electrons. The number of aromatic amines is 1. The van der Waals surface area contributed by atoms with Gasteiger partial charge in [-0.2, -0.15) is 10.1 Å². The summed E-state index contributed by atoms with van der Waals surface area (Å²) in [5.74, 6) is 1.31. The highest BCUT2D eigenvalue weighted by Gasteiger charge is 2.38. The van der Waals surface area contributed by atoms with E-state index in [2.05, 4.69) is 32.0 Å². The molecule has 0 saturated carbocycles. The Morgan fingerprint density at radius 1 is 1.22 bits per heavy atom. The molecule has 10 heteroatoms. The van der Waals surface area contributed by atoms with Crippen molar-refractivity contribution in [1.82, 2.24) is 25.1 Å². The quantitative estimate of drug-likeness (QED) is 0.486. The Morgan fingerprint density at radius 2 is 1.97 bits per heavy atom. The maximum atomic E-state index is 12.0. The molecule has 32 heavy (non-hydrogen) atoms. The molecule has 1 aliphatic rings. The van der Waals surface area contributed by atoms with Crippen LogP contribution in [-0.4, -0.2) is 60.4 Å². The van der Waals surface area contributed by atoms with Crippen molar-refractivity contribution in [2.24, 2.45) is 0 Å². The molecule has 1 fully saturated rings. The summed E-state index contributed by atoms with van der Waals surface area (Å²) >= 11 is 0. The molecule has 1 aromatic carbocycles. The van der Waals surface area contributed by atoms with E-state index in [1.54, 1.807) is 4.90 Å². The van der Waals surface area contributed by atoms with Gasteiger partial charge in [-0.1, -0.05) is 6.07 Å². The van der Waals surface area contributed by atoms with Gasteiger partial charge in [0.1, 0.15) is 5.82 Å². The topological polar surface area (TPSA) is 150 Å². The van der Waals surface area contributed by atoms with Crippen LogP contribution in [0.15, 0.2) is 24.3 Å². The standard InChI is InChI=1S/C22H30N8O2/c1-12-5-7-14(30(21(31)32)22(2,3)4)11-29(12)18-10-16(25-20(24)26-18)13-6-8-15-17(9-13)27-28-19(15)23/h6,8-10,12,14H,5,7,11H2,1-4H3,(H,31,32)(H3,23,27,28)(H2,24,25,26)/t12-,14+/m1/s1. The highest BCUT2D eigenvalue weighted by Crippen LogP contribution is 2.32. The third-order valence-electron chi connectivity index (χ3n) is 6.06. The minimum absolute atomic E-state index is 0.146. The minimum atomic E-state index is -0.910. The van der Waals surface area contributed by atoms with Gasteiger partial charge in [-0.05, 0) is 52.7 Å². The number of rotatable bonds is 3. The van der Waals surface area contributed by atoms with Gasteiger partial charge in [-0.15, -0.1) is 0 Å². The van der Waals surface area contributed by atoms with Crippen molar-refractivity contribution < 1.29 is 9.90 Å². The minimum Gasteiger partial charge on any atom is -0.465 e. The SMILES string of the molecule is C[C@@H]1CC[C@H](N(C(=O)O)C(C)(C)C)CN1c1cc(-c2ccc3c(N)n[nH]c3c2)nc(N)n1. The van der Waals surface area contributed by atoms with Gasteiger partial charge in [0.2, 0.25) is 5.95 Å². The van der Waals surface area contributed by atoms with Gasteiger partial charge in [0, 0.05) is 35.1 Å². The Bertz CT molecular complexity index is 1150. The van der Waals surface area contributed by atoms with Crippen LogP contribution in [0.3, 0.4) is 0 Å². The Labute approximate surface area is 186 Å². The van der Waals surface area contributed by atoms with Crippen LogP contribution in [0.25, 0.3) is 22.2 Å². The summed E-state index contributed by atoms with van der Waals surface area (Å²) in [7, 11) is 0. The number of nitrogens with zero attached hydrogens (tertiary/aromatic N) is 5. The zero-order valence-corrected chi connectivity index (χ0v) is 18.8. The number of nitrogens with one attached hydrogen (secondary N) is 1. The second-order valence-electron chi connectivity index (χ2n) is 9.39. The second-order valence-corrected chi connectivity index (χ2v) is 9.39. The zero-order valence-electron chi connectivity index (χ0n) is 18.8. The number of amides is 1. The first-order valence-corrected chi connectivity index (χ1v) is 10.7. The highest BCUT2D eigenvalue weighted by molar-refractivity contribution is 5.91. The molecular weight excluding hydrogens is 408 g/mol. The highest BCUT2D eigenvalue weighted by atomic mass is 16.4. The molecule has 1 amide bonds. The van der Waals surface area contributed by atoms with Gasteiger partial charge in [0.05, 0.1) is 17.3 Å². The molecule has 0 aliphatic carbocycles. The first-order chi connectivity index (χ1) is 15.0. The van der Waals surface area contributed by atoms with Crippen molar-refractivity contribution in [2.75, 3.05) is 22.9 Å². The fourth-order valence-corrected chi connectivity index (χ4v) is 4.56. The average Bonchev–Trinajstić information content (AvgIpc) is 3.08. The largest absolute Gasteiger partial charge is 0.465 e. The van der Waals surface area contributed by atoms with Crippen molar-refractivity contribution in [3.63, 3.8) is 0 Å². The Balaban J connectivity index is 1.69. The number of nitrogen functional groups attached to an aromatic ring is 2. The van der Waals surface area contributed by atoms with E-state index >= 15 is 0 Å². The predicted octanol–water partition coefficient (Wildman–Crippen LogP) is 3.32. The van der Waals surface area contributed by atoms with Crippen molar-refractivity contribution in [2.45, 2.75) is 58.2 Å². The molecule has 1 aliphatic heterocycles. The van der Waals surface area contributed by atoms with Crippen LogP contribution in [0.5, 0.6) is 0 Å². The molecule has 6 N–H and O–H groups in total. The van der Waals surface area contributed by atoms with Crippen molar-refractivity contribution in [3.8, 4) is 11.3 Å². The molecule has 1 saturated heterocycles. The molecule has 0 bridgehead atoms. The number of nitrogens with two attached hydrogens (primary N) is 2. The Hall–Kier alpha value is -3.56. The third kappa shape index (κ3) is 4.00. The van der Waals surface area contributed by atoms with E-state index in [1.165, 1.54) is 0 Å². The van der Waals surface area contributed by atoms with Crippen molar-refractivity contribution in [3.05, 3.63) is 24.3 Å². The molecule has 3 heterocycles. The van der Waals surface area contributed by atoms with Crippen LogP contribution in [0.2, 0.25) is 0 Å². The molecule has 3 aromatic rings. The second kappa shape index (κ2) is 7.85. The van der Waals surface area contributed by atoms with E-state index in [4.69, 9.17) is 11.5 Å². The van der Waals surface area contributed by atoms with Crippen LogP contribution >= 0.6 is 0 Å². The third-order valence-corrected chi connectivity index (χ3v) is 6.06. The molecule has 0 unspecified atom stereocenters. The number of piperidine rings is 1. The summed E-state index contributed by atoms with van der Waals surface area (Å²) in [6.45, 7) is 8.42. The number of carbonyl (C=O) groups is 1. The summed E-state index contributed by atoms with van der Waals surface area (Å²) in [4.78, 5) is 24.6. The van der Waals surface area contributed by atoms with Crippen LogP contribution in [0, 0.1) is 0 Å². The number of aromatic nitrogens is 4. The van der Waals surface area contributed by atoms with E-state index in [9.17, 15) is 9.90 Å². The number of hydrogen-bond donors (Lipinski definition) is 4. The van der Waals surface area contributed by atoms with Gasteiger partial charge >= 0.3 is 6.09 Å². The number of hydrogen-bond acceptors (Lipinski definition) is 7. The number of benzene rings is 1. The first kappa shape index (κ1) is 21.7. The van der Waals surface area contributed by atoms with Crippen LogP contribution in [0.4, 0.5) is 22.4 Å². The van der Waals surface area contributed by atoms with Gasteiger partial charge in [-0.3, -0.25) is 10.00 Å². The van der Waals surface area contributed by atoms with E-state index < -0.39 is 11.6 Å². The van der Waals surface area contributed by atoms with Crippen LogP contribution in [-0.2, 0) is 0 Å². The fraction of sp³-hybridized carbons (Fsp3) is 0.455. The normalized spacial score (nSPS) is 19.3. The molecule has 0 spiro atoms. The fourth-order valence-electron chi connectivity index (χ4n) is 4.56.